The first-order valence-electron chi connectivity index (χ1n) is 6.39. The van der Waals surface area contributed by atoms with E-state index >= 15 is 0 Å². The van der Waals surface area contributed by atoms with Gasteiger partial charge in [0.2, 0.25) is 0 Å². The number of nitrogens with two attached hydrogens (primary N) is 1. The van der Waals surface area contributed by atoms with Gasteiger partial charge in [0.15, 0.2) is 0 Å². The van der Waals surface area contributed by atoms with E-state index in [0.717, 1.165) is 25.0 Å². The van der Waals surface area contributed by atoms with Gasteiger partial charge in [0.1, 0.15) is 5.82 Å². The third kappa shape index (κ3) is 2.71. The van der Waals surface area contributed by atoms with Gasteiger partial charge in [-0.2, -0.15) is 0 Å². The number of ether oxygens (including phenoxy) is 1. The maximum atomic E-state index is 13.0. The lowest BCUT2D eigenvalue weighted by atomic mass is 9.76. The third-order valence-corrected chi connectivity index (χ3v) is 3.79. The lowest BCUT2D eigenvalue weighted by molar-refractivity contribution is 0.0656. The summed E-state index contributed by atoms with van der Waals surface area (Å²) in [4.78, 5) is 0. The molecule has 1 heterocycles. The molecule has 0 radical (unpaired) electrons. The van der Waals surface area contributed by atoms with Crippen molar-refractivity contribution in [2.75, 3.05) is 19.8 Å². The summed E-state index contributed by atoms with van der Waals surface area (Å²) in [5.74, 6) is -0.278. The summed E-state index contributed by atoms with van der Waals surface area (Å²) in [6, 6.07) is 6.22. The largest absolute Gasteiger partial charge is 0.395 e. The molecule has 0 aliphatic carbocycles. The number of aliphatic hydroxyl groups is 1. The van der Waals surface area contributed by atoms with Crippen LogP contribution in [0, 0.1) is 5.82 Å². The van der Waals surface area contributed by atoms with Crippen molar-refractivity contribution in [1.82, 2.24) is 0 Å². The standard InChI is InChI=1S/C14H20FNO2/c15-12-5-3-11(4-6-12)14(9-16,10-17)8-13-2-1-7-18-13/h3-6,13,17H,1-2,7-10,16H2. The Kier molecular flexibility index (Phi) is 4.32. The van der Waals surface area contributed by atoms with Crippen LogP contribution in [-0.2, 0) is 10.2 Å². The first-order chi connectivity index (χ1) is 8.70. The Hall–Kier alpha value is -0.970. The first kappa shape index (κ1) is 13.5. The minimum Gasteiger partial charge on any atom is -0.395 e. The molecule has 18 heavy (non-hydrogen) atoms. The summed E-state index contributed by atoms with van der Waals surface area (Å²) in [5.41, 5.74) is 6.21. The van der Waals surface area contributed by atoms with Crippen molar-refractivity contribution < 1.29 is 14.2 Å². The number of halogens is 1. The highest BCUT2D eigenvalue weighted by Gasteiger charge is 2.34. The molecule has 2 unspecified atom stereocenters. The number of benzene rings is 1. The van der Waals surface area contributed by atoms with E-state index in [-0.39, 0.29) is 18.5 Å². The Bertz CT molecular complexity index is 370. The highest BCUT2D eigenvalue weighted by molar-refractivity contribution is 5.27. The maximum Gasteiger partial charge on any atom is 0.123 e. The molecule has 100 valence electrons. The predicted molar refractivity (Wildman–Crippen MR) is 67.8 cm³/mol. The van der Waals surface area contributed by atoms with Crippen LogP contribution >= 0.6 is 0 Å². The summed E-state index contributed by atoms with van der Waals surface area (Å²) in [6.45, 7) is 1.06. The second-order valence-electron chi connectivity index (χ2n) is 4.99. The molecule has 0 amide bonds. The first-order valence-corrected chi connectivity index (χ1v) is 6.39. The molecule has 0 bridgehead atoms. The van der Waals surface area contributed by atoms with Crippen LogP contribution in [0.4, 0.5) is 4.39 Å². The van der Waals surface area contributed by atoms with Gasteiger partial charge in [0, 0.05) is 18.6 Å². The molecule has 1 aliphatic heterocycles. The molecule has 1 fully saturated rings. The average Bonchev–Trinajstić information content (AvgIpc) is 2.90. The fourth-order valence-electron chi connectivity index (χ4n) is 2.58. The zero-order chi connectivity index (χ0) is 13.0. The molecule has 2 atom stereocenters. The summed E-state index contributed by atoms with van der Waals surface area (Å²) < 4.78 is 18.6. The van der Waals surface area contributed by atoms with Crippen LogP contribution in [0.15, 0.2) is 24.3 Å². The van der Waals surface area contributed by atoms with Gasteiger partial charge in [0.25, 0.3) is 0 Å². The lowest BCUT2D eigenvalue weighted by Gasteiger charge is -2.33. The molecular weight excluding hydrogens is 233 g/mol. The van der Waals surface area contributed by atoms with Crippen molar-refractivity contribution in [2.24, 2.45) is 5.73 Å². The fraction of sp³-hybridized carbons (Fsp3) is 0.571. The van der Waals surface area contributed by atoms with Crippen molar-refractivity contribution in [1.29, 1.82) is 0 Å². The van der Waals surface area contributed by atoms with Gasteiger partial charge < -0.3 is 15.6 Å². The van der Waals surface area contributed by atoms with E-state index in [1.807, 2.05) is 0 Å². The minimum atomic E-state index is -0.525. The molecule has 4 heteroatoms. The zero-order valence-electron chi connectivity index (χ0n) is 10.4. The molecule has 0 spiro atoms. The lowest BCUT2D eigenvalue weighted by Crippen LogP contribution is -2.41. The van der Waals surface area contributed by atoms with E-state index in [2.05, 4.69) is 0 Å². The summed E-state index contributed by atoms with van der Waals surface area (Å²) in [7, 11) is 0. The second-order valence-corrected chi connectivity index (χ2v) is 4.99. The van der Waals surface area contributed by atoms with Crippen molar-refractivity contribution in [2.45, 2.75) is 30.8 Å². The fourth-order valence-corrected chi connectivity index (χ4v) is 2.58. The number of hydrogen-bond donors (Lipinski definition) is 2. The van der Waals surface area contributed by atoms with E-state index in [1.54, 1.807) is 12.1 Å². The molecule has 2 rings (SSSR count). The molecule has 0 saturated carbocycles. The Morgan fingerprint density at radius 2 is 2.11 bits per heavy atom. The van der Waals surface area contributed by atoms with Crippen LogP contribution in [0.1, 0.15) is 24.8 Å². The van der Waals surface area contributed by atoms with Gasteiger partial charge in [-0.05, 0) is 37.0 Å². The van der Waals surface area contributed by atoms with Crippen LogP contribution in [0.5, 0.6) is 0 Å². The van der Waals surface area contributed by atoms with E-state index in [0.29, 0.717) is 13.0 Å². The van der Waals surface area contributed by atoms with E-state index < -0.39 is 5.41 Å². The van der Waals surface area contributed by atoms with Crippen LogP contribution in [0.25, 0.3) is 0 Å². The Balaban J connectivity index is 2.21. The van der Waals surface area contributed by atoms with Crippen LogP contribution in [0.3, 0.4) is 0 Å². The molecule has 1 aromatic rings. The molecular formula is C14H20FNO2. The Labute approximate surface area is 107 Å². The quantitative estimate of drug-likeness (QED) is 0.837. The maximum absolute atomic E-state index is 13.0. The van der Waals surface area contributed by atoms with Gasteiger partial charge in [-0.1, -0.05) is 12.1 Å². The monoisotopic (exact) mass is 253 g/mol. The van der Waals surface area contributed by atoms with E-state index in [4.69, 9.17) is 10.5 Å². The van der Waals surface area contributed by atoms with Crippen molar-refractivity contribution >= 4 is 0 Å². The molecule has 1 aromatic carbocycles. The molecule has 3 nitrogen and oxygen atoms in total. The molecule has 3 N–H and O–H groups in total. The third-order valence-electron chi connectivity index (χ3n) is 3.79. The van der Waals surface area contributed by atoms with Gasteiger partial charge in [-0.15, -0.1) is 0 Å². The molecule has 0 aromatic heterocycles. The van der Waals surface area contributed by atoms with Gasteiger partial charge in [-0.3, -0.25) is 0 Å². The Morgan fingerprint density at radius 3 is 2.61 bits per heavy atom. The minimum absolute atomic E-state index is 0.0466. The summed E-state index contributed by atoms with van der Waals surface area (Å²) in [5, 5.41) is 9.73. The second kappa shape index (κ2) is 5.78. The highest BCUT2D eigenvalue weighted by atomic mass is 19.1. The SMILES string of the molecule is NCC(CO)(CC1CCCO1)c1ccc(F)cc1. The molecule has 1 saturated heterocycles. The van der Waals surface area contributed by atoms with Crippen LogP contribution in [0.2, 0.25) is 0 Å². The van der Waals surface area contributed by atoms with Gasteiger partial charge in [-0.25, -0.2) is 4.39 Å². The van der Waals surface area contributed by atoms with Crippen LogP contribution in [-0.4, -0.2) is 31.0 Å². The van der Waals surface area contributed by atoms with E-state index in [9.17, 15) is 9.50 Å². The van der Waals surface area contributed by atoms with E-state index in [1.165, 1.54) is 12.1 Å². The van der Waals surface area contributed by atoms with Crippen molar-refractivity contribution in [3.05, 3.63) is 35.6 Å². The number of aliphatic hydroxyl groups excluding tert-OH is 1. The number of hydrogen-bond acceptors (Lipinski definition) is 3. The van der Waals surface area contributed by atoms with Gasteiger partial charge in [0.05, 0.1) is 12.7 Å². The molecule has 1 aliphatic rings. The van der Waals surface area contributed by atoms with Crippen LogP contribution < -0.4 is 5.73 Å². The van der Waals surface area contributed by atoms with Crippen molar-refractivity contribution in [3.63, 3.8) is 0 Å². The smallest absolute Gasteiger partial charge is 0.123 e. The highest BCUT2D eigenvalue weighted by Crippen LogP contribution is 2.32. The zero-order valence-corrected chi connectivity index (χ0v) is 10.4. The summed E-state index contributed by atoms with van der Waals surface area (Å²) >= 11 is 0. The Morgan fingerprint density at radius 1 is 1.39 bits per heavy atom. The predicted octanol–water partition coefficient (Wildman–Crippen LogP) is 1.58. The van der Waals surface area contributed by atoms with Gasteiger partial charge >= 0.3 is 0 Å². The topological polar surface area (TPSA) is 55.5 Å². The number of rotatable bonds is 5. The average molecular weight is 253 g/mol. The summed E-state index contributed by atoms with van der Waals surface area (Å²) in [6.07, 6.45) is 2.89. The van der Waals surface area contributed by atoms with Crippen molar-refractivity contribution in [3.8, 4) is 0 Å². The normalized spacial score (nSPS) is 22.9.